The smallest absolute Gasteiger partial charge is 0.234 e. The van der Waals surface area contributed by atoms with E-state index >= 15 is 0 Å². The number of hydrogen-bond donors (Lipinski definition) is 2. The number of carbonyl (C=O) groups is 1. The first-order valence-corrected chi connectivity index (χ1v) is 6.33. The highest BCUT2D eigenvalue weighted by Gasteiger charge is 2.25. The van der Waals surface area contributed by atoms with E-state index in [0.29, 0.717) is 5.92 Å². The van der Waals surface area contributed by atoms with Crippen molar-refractivity contribution in [2.75, 3.05) is 13.2 Å². The van der Waals surface area contributed by atoms with Gasteiger partial charge in [0, 0.05) is 13.2 Å². The molecule has 0 bridgehead atoms. The van der Waals surface area contributed by atoms with E-state index in [-0.39, 0.29) is 18.1 Å². The van der Waals surface area contributed by atoms with Crippen molar-refractivity contribution >= 4 is 5.91 Å². The summed E-state index contributed by atoms with van der Waals surface area (Å²) in [4.78, 5) is 11.4. The molecule has 1 fully saturated rings. The van der Waals surface area contributed by atoms with Crippen LogP contribution in [0.15, 0.2) is 0 Å². The molecule has 16 heavy (non-hydrogen) atoms. The normalized spacial score (nSPS) is 22.6. The van der Waals surface area contributed by atoms with Gasteiger partial charge in [-0.2, -0.15) is 0 Å². The van der Waals surface area contributed by atoms with Crippen LogP contribution in [-0.4, -0.2) is 31.2 Å². The molecule has 1 saturated heterocycles. The van der Waals surface area contributed by atoms with E-state index in [1.54, 1.807) is 0 Å². The van der Waals surface area contributed by atoms with Crippen molar-refractivity contribution in [1.29, 1.82) is 0 Å². The predicted molar refractivity (Wildman–Crippen MR) is 64.0 cm³/mol. The summed E-state index contributed by atoms with van der Waals surface area (Å²) in [6.45, 7) is 5.78. The molecule has 4 heteroatoms. The molecule has 1 amide bonds. The van der Waals surface area contributed by atoms with Crippen LogP contribution < -0.4 is 11.1 Å². The van der Waals surface area contributed by atoms with E-state index in [1.165, 1.54) is 0 Å². The first-order valence-electron chi connectivity index (χ1n) is 6.33. The molecule has 1 rings (SSSR count). The first-order chi connectivity index (χ1) is 7.69. The Labute approximate surface area is 97.9 Å². The maximum absolute atomic E-state index is 11.4. The van der Waals surface area contributed by atoms with Crippen molar-refractivity contribution in [1.82, 2.24) is 5.32 Å². The van der Waals surface area contributed by atoms with Crippen molar-refractivity contribution in [3.05, 3.63) is 0 Å². The average molecular weight is 228 g/mol. The molecule has 0 saturated carbocycles. The Bertz CT molecular complexity index is 211. The summed E-state index contributed by atoms with van der Waals surface area (Å²) < 4.78 is 5.52. The molecular weight excluding hydrogens is 204 g/mol. The minimum atomic E-state index is -0.244. The molecular formula is C12H24N2O2. The SMILES string of the molecule is CCC(CC)C(NCC1CCCO1)C(N)=O. The number of rotatable bonds is 7. The van der Waals surface area contributed by atoms with Crippen LogP contribution in [0, 0.1) is 5.92 Å². The lowest BCUT2D eigenvalue weighted by molar-refractivity contribution is -0.121. The number of nitrogens with one attached hydrogen (secondary N) is 1. The Balaban J connectivity index is 2.40. The highest BCUT2D eigenvalue weighted by atomic mass is 16.5. The summed E-state index contributed by atoms with van der Waals surface area (Å²) in [7, 11) is 0. The molecule has 2 unspecified atom stereocenters. The Morgan fingerprint density at radius 1 is 1.50 bits per heavy atom. The molecule has 1 aliphatic heterocycles. The molecule has 1 aliphatic rings. The van der Waals surface area contributed by atoms with Crippen LogP contribution in [0.3, 0.4) is 0 Å². The van der Waals surface area contributed by atoms with Gasteiger partial charge in [0.05, 0.1) is 12.1 Å². The fourth-order valence-corrected chi connectivity index (χ4v) is 2.32. The average Bonchev–Trinajstić information content (AvgIpc) is 2.76. The van der Waals surface area contributed by atoms with Gasteiger partial charge in [0.1, 0.15) is 0 Å². The van der Waals surface area contributed by atoms with Crippen molar-refractivity contribution in [2.45, 2.75) is 51.7 Å². The number of ether oxygens (including phenoxy) is 1. The van der Waals surface area contributed by atoms with Gasteiger partial charge in [0.15, 0.2) is 0 Å². The molecule has 1 heterocycles. The van der Waals surface area contributed by atoms with Gasteiger partial charge in [0.2, 0.25) is 5.91 Å². The maximum atomic E-state index is 11.4. The molecule has 0 aromatic rings. The third-order valence-electron chi connectivity index (χ3n) is 3.42. The summed E-state index contributed by atoms with van der Waals surface area (Å²) in [5.41, 5.74) is 5.43. The highest BCUT2D eigenvalue weighted by Crippen LogP contribution is 2.15. The summed E-state index contributed by atoms with van der Waals surface area (Å²) in [6.07, 6.45) is 4.42. The maximum Gasteiger partial charge on any atom is 0.234 e. The van der Waals surface area contributed by atoms with Crippen LogP contribution in [0.1, 0.15) is 39.5 Å². The molecule has 0 aromatic carbocycles. The van der Waals surface area contributed by atoms with Crippen LogP contribution in [0.2, 0.25) is 0 Å². The largest absolute Gasteiger partial charge is 0.377 e. The second kappa shape index (κ2) is 6.86. The van der Waals surface area contributed by atoms with Gasteiger partial charge >= 0.3 is 0 Å². The summed E-state index contributed by atoms with van der Waals surface area (Å²) >= 11 is 0. The Hall–Kier alpha value is -0.610. The number of primary amides is 1. The fourth-order valence-electron chi connectivity index (χ4n) is 2.32. The predicted octanol–water partition coefficient (Wildman–Crippen LogP) is 1.05. The zero-order valence-electron chi connectivity index (χ0n) is 10.4. The third kappa shape index (κ3) is 3.76. The van der Waals surface area contributed by atoms with E-state index < -0.39 is 0 Å². The van der Waals surface area contributed by atoms with E-state index in [4.69, 9.17) is 10.5 Å². The molecule has 0 aromatic heterocycles. The molecule has 3 N–H and O–H groups in total. The number of amides is 1. The second-order valence-electron chi connectivity index (χ2n) is 4.50. The van der Waals surface area contributed by atoms with E-state index in [9.17, 15) is 4.79 Å². The lowest BCUT2D eigenvalue weighted by Crippen LogP contribution is -2.48. The minimum absolute atomic E-state index is 0.209. The van der Waals surface area contributed by atoms with Gasteiger partial charge in [-0.25, -0.2) is 0 Å². The van der Waals surface area contributed by atoms with Crippen LogP contribution in [0.5, 0.6) is 0 Å². The van der Waals surface area contributed by atoms with Gasteiger partial charge in [-0.05, 0) is 18.8 Å². The zero-order valence-corrected chi connectivity index (χ0v) is 10.4. The van der Waals surface area contributed by atoms with Crippen LogP contribution >= 0.6 is 0 Å². The summed E-state index contributed by atoms with van der Waals surface area (Å²) in [5, 5.41) is 3.26. The topological polar surface area (TPSA) is 64.3 Å². The molecule has 4 nitrogen and oxygen atoms in total. The van der Waals surface area contributed by atoms with Gasteiger partial charge in [-0.3, -0.25) is 4.79 Å². The standard InChI is InChI=1S/C12H24N2O2/c1-3-9(4-2)11(12(13)15)14-8-10-6-5-7-16-10/h9-11,14H,3-8H2,1-2H3,(H2,13,15). The quantitative estimate of drug-likeness (QED) is 0.684. The van der Waals surface area contributed by atoms with Crippen LogP contribution in [0.4, 0.5) is 0 Å². The Morgan fingerprint density at radius 3 is 2.62 bits per heavy atom. The van der Waals surface area contributed by atoms with Crippen molar-refractivity contribution in [3.8, 4) is 0 Å². The van der Waals surface area contributed by atoms with Crippen molar-refractivity contribution in [2.24, 2.45) is 11.7 Å². The molecule has 2 atom stereocenters. The van der Waals surface area contributed by atoms with Crippen LogP contribution in [-0.2, 0) is 9.53 Å². The first kappa shape index (κ1) is 13.5. The summed E-state index contributed by atoms with van der Waals surface area (Å²) in [5.74, 6) is 0.0885. The van der Waals surface area contributed by atoms with Gasteiger partial charge in [0.25, 0.3) is 0 Å². The zero-order chi connectivity index (χ0) is 12.0. The van der Waals surface area contributed by atoms with E-state index in [0.717, 1.165) is 38.8 Å². The Kier molecular flexibility index (Phi) is 5.77. The Morgan fingerprint density at radius 2 is 2.19 bits per heavy atom. The lowest BCUT2D eigenvalue weighted by atomic mass is 9.93. The summed E-state index contributed by atoms with van der Waals surface area (Å²) in [6, 6.07) is -0.209. The fraction of sp³-hybridized carbons (Fsp3) is 0.917. The number of nitrogens with two attached hydrogens (primary N) is 1. The van der Waals surface area contributed by atoms with Gasteiger partial charge < -0.3 is 15.8 Å². The monoisotopic (exact) mass is 228 g/mol. The van der Waals surface area contributed by atoms with Crippen molar-refractivity contribution < 1.29 is 9.53 Å². The van der Waals surface area contributed by atoms with Crippen LogP contribution in [0.25, 0.3) is 0 Å². The number of carbonyl (C=O) groups excluding carboxylic acids is 1. The lowest BCUT2D eigenvalue weighted by Gasteiger charge is -2.24. The second-order valence-corrected chi connectivity index (χ2v) is 4.50. The minimum Gasteiger partial charge on any atom is -0.377 e. The highest BCUT2D eigenvalue weighted by molar-refractivity contribution is 5.80. The van der Waals surface area contributed by atoms with E-state index in [1.807, 2.05) is 0 Å². The van der Waals surface area contributed by atoms with Crippen molar-refractivity contribution in [3.63, 3.8) is 0 Å². The molecule has 0 spiro atoms. The van der Waals surface area contributed by atoms with Gasteiger partial charge in [-0.1, -0.05) is 26.7 Å². The molecule has 0 radical (unpaired) electrons. The van der Waals surface area contributed by atoms with Gasteiger partial charge in [-0.15, -0.1) is 0 Å². The molecule has 0 aliphatic carbocycles. The van der Waals surface area contributed by atoms with E-state index in [2.05, 4.69) is 19.2 Å². The number of hydrogen-bond acceptors (Lipinski definition) is 3. The molecule has 94 valence electrons. The third-order valence-corrected chi connectivity index (χ3v) is 3.42.